The van der Waals surface area contributed by atoms with Crippen LogP contribution in [0.4, 0.5) is 0 Å². The topological polar surface area (TPSA) is 17.1 Å². The van der Waals surface area contributed by atoms with Gasteiger partial charge in [-0.25, -0.2) is 0 Å². The van der Waals surface area contributed by atoms with Crippen LogP contribution < -0.4 is 0 Å². The highest BCUT2D eigenvalue weighted by Crippen LogP contribution is 2.25. The van der Waals surface area contributed by atoms with E-state index < -0.39 is 8.07 Å². The van der Waals surface area contributed by atoms with E-state index >= 15 is 0 Å². The first-order valence-corrected chi connectivity index (χ1v) is 10.6. The summed E-state index contributed by atoms with van der Waals surface area (Å²) in [4.78, 5) is 12.0. The Bertz CT molecular complexity index is 452. The van der Waals surface area contributed by atoms with Crippen LogP contribution in [0.2, 0.25) is 19.6 Å². The molecule has 0 aliphatic carbocycles. The number of hydrogen-bond acceptors (Lipinski definition) is 1. The number of carbonyl (C=O) groups excluding carboxylic acids is 1. The maximum absolute atomic E-state index is 12.0. The largest absolute Gasteiger partial charge is 0.295 e. The molecule has 0 fully saturated rings. The molecule has 19 heavy (non-hydrogen) atoms. The van der Waals surface area contributed by atoms with E-state index in [0.717, 1.165) is 18.4 Å². The molecule has 0 radical (unpaired) electrons. The highest BCUT2D eigenvalue weighted by atomic mass is 28.3. The molecule has 1 aromatic carbocycles. The number of aryl methyl sites for hydroxylation is 1. The lowest BCUT2D eigenvalue weighted by molar-refractivity contribution is -0.115. The smallest absolute Gasteiger partial charge is 0.157 e. The Hall–Kier alpha value is -1.15. The van der Waals surface area contributed by atoms with Gasteiger partial charge in [0.25, 0.3) is 0 Å². The lowest BCUT2D eigenvalue weighted by atomic mass is 10.1. The molecule has 0 atom stereocenters. The number of ketones is 1. The van der Waals surface area contributed by atoms with Gasteiger partial charge < -0.3 is 0 Å². The Morgan fingerprint density at radius 1 is 1.11 bits per heavy atom. The second-order valence-corrected chi connectivity index (χ2v) is 11.2. The molecule has 0 aliphatic rings. The van der Waals surface area contributed by atoms with Crippen molar-refractivity contribution >= 4 is 13.9 Å². The van der Waals surface area contributed by atoms with Gasteiger partial charge in [-0.2, -0.15) is 0 Å². The molecule has 0 heterocycles. The summed E-state index contributed by atoms with van der Waals surface area (Å²) in [7, 11) is -1.42. The zero-order valence-corrected chi connectivity index (χ0v) is 13.9. The quantitative estimate of drug-likeness (QED) is 0.538. The Morgan fingerprint density at radius 2 is 1.68 bits per heavy atom. The first kappa shape index (κ1) is 15.9. The lowest BCUT2D eigenvalue weighted by Gasteiger charge is -2.24. The molecule has 0 saturated carbocycles. The minimum absolute atomic E-state index is 0.311. The summed E-state index contributed by atoms with van der Waals surface area (Å²) in [5, 5.41) is 1.43. The average Bonchev–Trinajstić information content (AvgIpc) is 2.37. The van der Waals surface area contributed by atoms with Crippen LogP contribution in [0.25, 0.3) is 0 Å². The third kappa shape index (κ3) is 4.79. The summed E-state index contributed by atoms with van der Waals surface area (Å²) in [5.41, 5.74) is 2.38. The monoisotopic (exact) mass is 274 g/mol. The molecule has 1 nitrogen and oxygen atoms in total. The maximum Gasteiger partial charge on any atom is 0.157 e. The summed E-state index contributed by atoms with van der Waals surface area (Å²) in [6, 6.07) is 10.5. The average molecular weight is 274 g/mol. The second kappa shape index (κ2) is 6.85. The maximum atomic E-state index is 12.0. The predicted octanol–water partition coefficient (Wildman–Crippen LogP) is 4.79. The highest BCUT2D eigenvalue weighted by Gasteiger charge is 2.23. The molecule has 0 bridgehead atoms. The van der Waals surface area contributed by atoms with Crippen molar-refractivity contribution in [2.75, 3.05) is 0 Å². The molecule has 0 saturated heterocycles. The lowest BCUT2D eigenvalue weighted by Crippen LogP contribution is -2.27. The molecular formula is C17H26OSi. The van der Waals surface area contributed by atoms with Crippen molar-refractivity contribution in [1.82, 2.24) is 0 Å². The van der Waals surface area contributed by atoms with Crippen LogP contribution in [0.5, 0.6) is 0 Å². The minimum Gasteiger partial charge on any atom is -0.295 e. The predicted molar refractivity (Wildman–Crippen MR) is 86.1 cm³/mol. The first-order valence-electron chi connectivity index (χ1n) is 7.13. The van der Waals surface area contributed by atoms with E-state index in [2.05, 4.69) is 43.9 Å². The van der Waals surface area contributed by atoms with Crippen LogP contribution in [-0.4, -0.2) is 13.9 Å². The van der Waals surface area contributed by atoms with Crippen LogP contribution in [0, 0.1) is 0 Å². The van der Waals surface area contributed by atoms with Gasteiger partial charge in [0.1, 0.15) is 0 Å². The Balaban J connectivity index is 2.92. The van der Waals surface area contributed by atoms with Crippen LogP contribution in [0.15, 0.2) is 41.1 Å². The molecule has 0 spiro atoms. The van der Waals surface area contributed by atoms with Crippen LogP contribution in [-0.2, 0) is 11.2 Å². The molecule has 0 aliphatic heterocycles. The summed E-state index contributed by atoms with van der Waals surface area (Å²) in [6.07, 6.45) is 2.68. The van der Waals surface area contributed by atoms with Gasteiger partial charge in [-0.05, 0) is 30.9 Å². The molecule has 1 aromatic rings. The normalized spacial score (nSPS) is 13.1. The van der Waals surface area contributed by atoms with Crippen molar-refractivity contribution in [3.05, 3.63) is 46.7 Å². The van der Waals surface area contributed by atoms with E-state index in [-0.39, 0.29) is 0 Å². The van der Waals surface area contributed by atoms with Gasteiger partial charge >= 0.3 is 0 Å². The standard InChI is InChI=1S/C17H26OSi/c1-6-16(18)14(2)17(19(3,4)5)13-12-15-10-8-7-9-11-15/h7-11H,6,12-13H2,1-5H3/b17-14-. The highest BCUT2D eigenvalue weighted by molar-refractivity contribution is 6.83. The zero-order valence-electron chi connectivity index (χ0n) is 12.9. The van der Waals surface area contributed by atoms with Crippen molar-refractivity contribution in [3.63, 3.8) is 0 Å². The number of carbonyl (C=O) groups is 1. The Labute approximate surface area is 118 Å². The number of hydrogen-bond donors (Lipinski definition) is 0. The molecule has 0 aromatic heterocycles. The molecule has 1 rings (SSSR count). The van der Waals surface area contributed by atoms with E-state index in [1.165, 1.54) is 10.8 Å². The first-order chi connectivity index (χ1) is 8.86. The van der Waals surface area contributed by atoms with Crippen molar-refractivity contribution in [2.24, 2.45) is 0 Å². The summed E-state index contributed by atoms with van der Waals surface area (Å²) in [5.74, 6) is 0.311. The molecule has 0 N–H and O–H groups in total. The van der Waals surface area contributed by atoms with Crippen LogP contribution in [0.3, 0.4) is 0 Å². The Kier molecular flexibility index (Phi) is 5.74. The number of allylic oxidation sites excluding steroid dienone is 2. The molecule has 0 unspecified atom stereocenters. The van der Waals surface area contributed by atoms with Gasteiger partial charge in [-0.3, -0.25) is 4.79 Å². The van der Waals surface area contributed by atoms with E-state index in [9.17, 15) is 4.79 Å². The van der Waals surface area contributed by atoms with Crippen molar-refractivity contribution in [1.29, 1.82) is 0 Å². The zero-order chi connectivity index (χ0) is 14.5. The third-order valence-corrected chi connectivity index (χ3v) is 6.04. The van der Waals surface area contributed by atoms with Crippen LogP contribution >= 0.6 is 0 Å². The SMILES string of the molecule is CCC(=O)/C(C)=C(/CCc1ccccc1)[Si](C)(C)C. The van der Waals surface area contributed by atoms with Gasteiger partial charge in [-0.15, -0.1) is 0 Å². The fourth-order valence-electron chi connectivity index (χ4n) is 2.47. The fourth-order valence-corrected chi connectivity index (χ4v) is 4.61. The van der Waals surface area contributed by atoms with E-state index in [1.807, 2.05) is 19.9 Å². The Morgan fingerprint density at radius 3 is 2.16 bits per heavy atom. The van der Waals surface area contributed by atoms with E-state index in [4.69, 9.17) is 0 Å². The van der Waals surface area contributed by atoms with E-state index in [1.54, 1.807) is 0 Å². The number of benzene rings is 1. The van der Waals surface area contributed by atoms with Gasteiger partial charge in [0.15, 0.2) is 5.78 Å². The van der Waals surface area contributed by atoms with Crippen LogP contribution in [0.1, 0.15) is 32.3 Å². The van der Waals surface area contributed by atoms with Gasteiger partial charge in [0.2, 0.25) is 0 Å². The van der Waals surface area contributed by atoms with Gasteiger partial charge in [0.05, 0.1) is 8.07 Å². The number of rotatable bonds is 6. The van der Waals surface area contributed by atoms with Crippen molar-refractivity contribution < 1.29 is 4.79 Å². The third-order valence-electron chi connectivity index (χ3n) is 3.60. The summed E-state index contributed by atoms with van der Waals surface area (Å²) < 4.78 is 0. The van der Waals surface area contributed by atoms with Gasteiger partial charge in [-0.1, -0.05) is 62.1 Å². The fraction of sp³-hybridized carbons (Fsp3) is 0.471. The summed E-state index contributed by atoms with van der Waals surface area (Å²) in [6.45, 7) is 11.0. The summed E-state index contributed by atoms with van der Waals surface area (Å²) >= 11 is 0. The molecule has 2 heteroatoms. The molecule has 0 amide bonds. The minimum atomic E-state index is -1.42. The van der Waals surface area contributed by atoms with Gasteiger partial charge in [0, 0.05) is 6.42 Å². The molecule has 104 valence electrons. The van der Waals surface area contributed by atoms with Crippen molar-refractivity contribution in [2.45, 2.75) is 52.8 Å². The number of Topliss-reactive ketones (excluding diaryl/α,β-unsaturated/α-hetero) is 1. The van der Waals surface area contributed by atoms with Crippen molar-refractivity contribution in [3.8, 4) is 0 Å². The van der Waals surface area contributed by atoms with E-state index in [0.29, 0.717) is 12.2 Å². The molecular weight excluding hydrogens is 248 g/mol. The second-order valence-electron chi connectivity index (χ2n) is 6.12.